The molecule has 0 saturated carbocycles. The van der Waals surface area contributed by atoms with Crippen LogP contribution in [0.3, 0.4) is 0 Å². The zero-order chi connectivity index (χ0) is 13.8. The summed E-state index contributed by atoms with van der Waals surface area (Å²) < 4.78 is 24.7. The molecule has 2 aliphatic rings. The Bertz CT molecular complexity index is 447. The Kier molecular flexibility index (Phi) is 4.19. The van der Waals surface area contributed by atoms with Crippen LogP contribution < -0.4 is 10.6 Å². The highest BCUT2D eigenvalue weighted by Gasteiger charge is 2.41. The fourth-order valence-electron chi connectivity index (χ4n) is 2.92. The zero-order valence-electron chi connectivity index (χ0n) is 11.5. The summed E-state index contributed by atoms with van der Waals surface area (Å²) in [6, 6.07) is 6.56. The Morgan fingerprint density at radius 1 is 1.45 bits per heavy atom. The number of nitrogens with one attached hydrogen (secondary N) is 2. The lowest BCUT2D eigenvalue weighted by Crippen LogP contribution is -2.42. The standard InChI is InChI=1S/C15H21FN2O2/c16-13-2-1-3-14(6-13)18-8-12-7-15(20-9-12)10-17-4-5-19-11-15/h1-3,6,12,17-18H,4-5,7-11H2/t12-,15-/m0/s1. The summed E-state index contributed by atoms with van der Waals surface area (Å²) >= 11 is 0. The van der Waals surface area contributed by atoms with Gasteiger partial charge in [0.15, 0.2) is 0 Å². The lowest BCUT2D eigenvalue weighted by Gasteiger charge is -2.25. The molecule has 4 nitrogen and oxygen atoms in total. The van der Waals surface area contributed by atoms with E-state index in [0.29, 0.717) is 12.5 Å². The van der Waals surface area contributed by atoms with Gasteiger partial charge in [0.05, 0.1) is 19.8 Å². The van der Waals surface area contributed by atoms with E-state index in [9.17, 15) is 4.39 Å². The molecule has 3 rings (SSSR count). The predicted molar refractivity (Wildman–Crippen MR) is 75.4 cm³/mol. The fourth-order valence-corrected chi connectivity index (χ4v) is 2.92. The molecule has 0 aliphatic carbocycles. The van der Waals surface area contributed by atoms with Crippen molar-refractivity contribution in [2.24, 2.45) is 5.92 Å². The molecule has 0 bridgehead atoms. The first-order valence-electron chi connectivity index (χ1n) is 7.18. The predicted octanol–water partition coefficient (Wildman–Crippen LogP) is 1.63. The van der Waals surface area contributed by atoms with E-state index in [1.807, 2.05) is 6.07 Å². The van der Waals surface area contributed by atoms with E-state index in [2.05, 4.69) is 10.6 Å². The molecule has 1 aromatic rings. The molecule has 2 heterocycles. The summed E-state index contributed by atoms with van der Waals surface area (Å²) in [4.78, 5) is 0. The number of rotatable bonds is 3. The largest absolute Gasteiger partial charge is 0.385 e. The van der Waals surface area contributed by atoms with Crippen molar-refractivity contribution in [1.82, 2.24) is 5.32 Å². The van der Waals surface area contributed by atoms with E-state index in [0.717, 1.165) is 45.0 Å². The average molecular weight is 280 g/mol. The van der Waals surface area contributed by atoms with Crippen molar-refractivity contribution < 1.29 is 13.9 Å². The highest BCUT2D eigenvalue weighted by molar-refractivity contribution is 5.43. The van der Waals surface area contributed by atoms with Gasteiger partial charge in [0.25, 0.3) is 0 Å². The van der Waals surface area contributed by atoms with E-state index >= 15 is 0 Å². The third-order valence-electron chi connectivity index (χ3n) is 3.94. The van der Waals surface area contributed by atoms with Crippen LogP contribution in [-0.4, -0.2) is 45.1 Å². The van der Waals surface area contributed by atoms with Crippen molar-refractivity contribution in [3.8, 4) is 0 Å². The van der Waals surface area contributed by atoms with Crippen LogP contribution in [0.25, 0.3) is 0 Å². The highest BCUT2D eigenvalue weighted by Crippen LogP contribution is 2.31. The van der Waals surface area contributed by atoms with Crippen LogP contribution in [-0.2, 0) is 9.47 Å². The SMILES string of the molecule is Fc1cccc(NC[C@H]2CO[C@]3(CNCCOC3)C2)c1. The molecule has 2 fully saturated rings. The topological polar surface area (TPSA) is 42.5 Å². The normalized spacial score (nSPS) is 30.4. The summed E-state index contributed by atoms with van der Waals surface area (Å²) in [5.41, 5.74) is 0.645. The number of hydrogen-bond acceptors (Lipinski definition) is 4. The minimum Gasteiger partial charge on any atom is -0.385 e. The first-order chi connectivity index (χ1) is 9.76. The molecule has 2 aliphatic heterocycles. The van der Waals surface area contributed by atoms with Crippen molar-refractivity contribution >= 4 is 5.69 Å². The first kappa shape index (κ1) is 13.8. The van der Waals surface area contributed by atoms with E-state index in [4.69, 9.17) is 9.47 Å². The third kappa shape index (κ3) is 3.29. The van der Waals surface area contributed by atoms with Gasteiger partial charge in [-0.25, -0.2) is 4.39 Å². The van der Waals surface area contributed by atoms with Gasteiger partial charge in [-0.05, 0) is 24.6 Å². The minimum absolute atomic E-state index is 0.176. The van der Waals surface area contributed by atoms with Crippen LogP contribution in [0.15, 0.2) is 24.3 Å². The molecule has 5 heteroatoms. The maximum atomic E-state index is 13.1. The van der Waals surface area contributed by atoms with Gasteiger partial charge in [-0.15, -0.1) is 0 Å². The number of ether oxygens (including phenoxy) is 2. The number of halogens is 1. The van der Waals surface area contributed by atoms with Gasteiger partial charge in [0.1, 0.15) is 11.4 Å². The van der Waals surface area contributed by atoms with Crippen LogP contribution >= 0.6 is 0 Å². The first-order valence-corrected chi connectivity index (χ1v) is 7.18. The smallest absolute Gasteiger partial charge is 0.125 e. The van der Waals surface area contributed by atoms with Gasteiger partial charge >= 0.3 is 0 Å². The van der Waals surface area contributed by atoms with E-state index in [1.54, 1.807) is 6.07 Å². The molecule has 1 spiro atoms. The second-order valence-electron chi connectivity index (χ2n) is 5.68. The molecule has 0 amide bonds. The van der Waals surface area contributed by atoms with Crippen molar-refractivity contribution in [1.29, 1.82) is 0 Å². The summed E-state index contributed by atoms with van der Waals surface area (Å²) in [5, 5.41) is 6.65. The van der Waals surface area contributed by atoms with Crippen molar-refractivity contribution in [3.05, 3.63) is 30.1 Å². The quantitative estimate of drug-likeness (QED) is 0.883. The Hall–Kier alpha value is -1.17. The summed E-state index contributed by atoms with van der Waals surface area (Å²) in [5.74, 6) is 0.220. The summed E-state index contributed by atoms with van der Waals surface area (Å²) in [6.45, 7) is 4.67. The monoisotopic (exact) mass is 280 g/mol. The van der Waals surface area contributed by atoms with E-state index in [1.165, 1.54) is 12.1 Å². The molecule has 2 saturated heterocycles. The van der Waals surface area contributed by atoms with Gasteiger partial charge in [0, 0.05) is 31.2 Å². The maximum Gasteiger partial charge on any atom is 0.125 e. The maximum absolute atomic E-state index is 13.1. The fraction of sp³-hybridized carbons (Fsp3) is 0.600. The summed E-state index contributed by atoms with van der Waals surface area (Å²) in [6.07, 6.45) is 0.975. The van der Waals surface area contributed by atoms with Gasteiger partial charge in [0.2, 0.25) is 0 Å². The second kappa shape index (κ2) is 6.08. The van der Waals surface area contributed by atoms with Gasteiger partial charge < -0.3 is 20.1 Å². The number of benzene rings is 1. The van der Waals surface area contributed by atoms with Gasteiger partial charge in [-0.3, -0.25) is 0 Å². The zero-order valence-corrected chi connectivity index (χ0v) is 11.5. The lowest BCUT2D eigenvalue weighted by molar-refractivity contribution is -0.0471. The molecule has 0 radical (unpaired) electrons. The Balaban J connectivity index is 1.52. The van der Waals surface area contributed by atoms with Gasteiger partial charge in [-0.1, -0.05) is 6.07 Å². The summed E-state index contributed by atoms with van der Waals surface area (Å²) in [7, 11) is 0. The van der Waals surface area contributed by atoms with Crippen LogP contribution in [0.2, 0.25) is 0 Å². The Morgan fingerprint density at radius 2 is 2.40 bits per heavy atom. The Morgan fingerprint density at radius 3 is 3.30 bits per heavy atom. The molecule has 1 aromatic carbocycles. The average Bonchev–Trinajstić information content (AvgIpc) is 2.69. The second-order valence-corrected chi connectivity index (χ2v) is 5.68. The van der Waals surface area contributed by atoms with Gasteiger partial charge in [-0.2, -0.15) is 0 Å². The van der Waals surface area contributed by atoms with E-state index in [-0.39, 0.29) is 11.4 Å². The molecule has 2 N–H and O–H groups in total. The third-order valence-corrected chi connectivity index (χ3v) is 3.94. The minimum atomic E-state index is -0.212. The molecular formula is C15H21FN2O2. The lowest BCUT2D eigenvalue weighted by atomic mass is 9.94. The number of hydrogen-bond donors (Lipinski definition) is 2. The van der Waals surface area contributed by atoms with Crippen LogP contribution in [0.4, 0.5) is 10.1 Å². The molecule has 0 aromatic heterocycles. The highest BCUT2D eigenvalue weighted by atomic mass is 19.1. The molecule has 2 atom stereocenters. The Labute approximate surface area is 118 Å². The van der Waals surface area contributed by atoms with Crippen LogP contribution in [0.1, 0.15) is 6.42 Å². The van der Waals surface area contributed by atoms with Crippen LogP contribution in [0.5, 0.6) is 0 Å². The van der Waals surface area contributed by atoms with Crippen molar-refractivity contribution in [2.75, 3.05) is 44.8 Å². The van der Waals surface area contributed by atoms with Crippen LogP contribution in [0, 0.1) is 11.7 Å². The number of anilines is 1. The van der Waals surface area contributed by atoms with Crippen molar-refractivity contribution in [2.45, 2.75) is 12.0 Å². The molecule has 110 valence electrons. The molecular weight excluding hydrogens is 259 g/mol. The van der Waals surface area contributed by atoms with E-state index < -0.39 is 0 Å². The molecule has 0 unspecified atom stereocenters. The molecule has 20 heavy (non-hydrogen) atoms. The van der Waals surface area contributed by atoms with Crippen molar-refractivity contribution in [3.63, 3.8) is 0 Å².